The van der Waals surface area contributed by atoms with Crippen molar-refractivity contribution < 1.29 is 19.8 Å². The summed E-state index contributed by atoms with van der Waals surface area (Å²) in [5.74, 6) is -2.36. The maximum absolute atomic E-state index is 10.8. The van der Waals surface area contributed by atoms with Gasteiger partial charge in [-0.05, 0) is 24.3 Å². The van der Waals surface area contributed by atoms with Gasteiger partial charge in [0.15, 0.2) is 5.96 Å². The molecule has 0 aliphatic heterocycles. The van der Waals surface area contributed by atoms with E-state index < -0.39 is 11.9 Å². The molecule has 0 fully saturated rings. The van der Waals surface area contributed by atoms with Crippen molar-refractivity contribution in [1.82, 2.24) is 14.9 Å². The molecule has 2 heterocycles. The van der Waals surface area contributed by atoms with Crippen LogP contribution in [0.15, 0.2) is 24.3 Å². The van der Waals surface area contributed by atoms with Gasteiger partial charge in [-0.15, -0.1) is 0 Å². The van der Waals surface area contributed by atoms with Gasteiger partial charge in [-0.1, -0.05) is 0 Å². The van der Waals surface area contributed by atoms with Crippen LogP contribution in [-0.4, -0.2) is 43.0 Å². The van der Waals surface area contributed by atoms with Gasteiger partial charge in [0.25, 0.3) is 0 Å². The van der Waals surface area contributed by atoms with E-state index in [1.54, 1.807) is 12.1 Å². The lowest BCUT2D eigenvalue weighted by Gasteiger charge is -2.21. The van der Waals surface area contributed by atoms with Crippen molar-refractivity contribution in [3.8, 4) is 0 Å². The Balaban J connectivity index is 2.10. The summed E-state index contributed by atoms with van der Waals surface area (Å²) in [6.45, 7) is 0.397. The van der Waals surface area contributed by atoms with Crippen molar-refractivity contribution in [3.63, 3.8) is 0 Å². The molecule has 0 aromatic carbocycles. The normalized spacial score (nSPS) is 10.4. The van der Waals surface area contributed by atoms with Gasteiger partial charge in [0.05, 0.1) is 13.1 Å². The lowest BCUT2D eigenvalue weighted by molar-refractivity contribution is 0.0680. The third-order valence-corrected chi connectivity index (χ3v) is 3.02. The van der Waals surface area contributed by atoms with Crippen LogP contribution in [0.4, 0.5) is 0 Å². The highest BCUT2D eigenvalue weighted by Gasteiger charge is 2.14. The summed E-state index contributed by atoms with van der Waals surface area (Å²) >= 11 is 0. The molecule has 116 valence electrons. The van der Waals surface area contributed by atoms with E-state index >= 15 is 0 Å². The van der Waals surface area contributed by atoms with Crippen LogP contribution in [0.1, 0.15) is 32.4 Å². The van der Waals surface area contributed by atoms with Crippen LogP contribution >= 0.6 is 0 Å². The van der Waals surface area contributed by atoms with E-state index in [-0.39, 0.29) is 30.4 Å². The van der Waals surface area contributed by atoms with E-state index in [0.29, 0.717) is 11.4 Å². The van der Waals surface area contributed by atoms with Gasteiger partial charge in [-0.2, -0.15) is 0 Å². The summed E-state index contributed by atoms with van der Waals surface area (Å²) in [5.41, 5.74) is 6.77. The van der Waals surface area contributed by atoms with Gasteiger partial charge in [0, 0.05) is 11.4 Å². The number of aromatic nitrogens is 2. The van der Waals surface area contributed by atoms with E-state index in [2.05, 4.69) is 9.97 Å². The van der Waals surface area contributed by atoms with Gasteiger partial charge in [0.1, 0.15) is 11.4 Å². The molecular weight excluding hydrogens is 290 g/mol. The molecule has 0 atom stereocenters. The lowest BCUT2D eigenvalue weighted by Crippen LogP contribution is -2.35. The molecule has 9 heteroatoms. The van der Waals surface area contributed by atoms with E-state index in [0.717, 1.165) is 0 Å². The number of rotatable bonds is 6. The summed E-state index contributed by atoms with van der Waals surface area (Å²) in [7, 11) is 0. The average molecular weight is 305 g/mol. The van der Waals surface area contributed by atoms with E-state index in [4.69, 9.17) is 21.4 Å². The summed E-state index contributed by atoms with van der Waals surface area (Å²) in [6.07, 6.45) is 0. The molecule has 0 unspecified atom stereocenters. The molecule has 7 N–H and O–H groups in total. The van der Waals surface area contributed by atoms with Crippen LogP contribution in [0.2, 0.25) is 0 Å². The minimum Gasteiger partial charge on any atom is -0.477 e. The van der Waals surface area contributed by atoms with E-state index in [9.17, 15) is 9.59 Å². The van der Waals surface area contributed by atoms with Crippen LogP contribution in [0.3, 0.4) is 0 Å². The highest BCUT2D eigenvalue weighted by atomic mass is 16.4. The summed E-state index contributed by atoms with van der Waals surface area (Å²) in [4.78, 5) is 28.5. The van der Waals surface area contributed by atoms with Crippen LogP contribution in [-0.2, 0) is 13.1 Å². The molecule has 9 nitrogen and oxygen atoms in total. The number of carbonyl (C=O) groups is 2. The van der Waals surface area contributed by atoms with E-state index in [1.165, 1.54) is 17.0 Å². The van der Waals surface area contributed by atoms with Crippen LogP contribution in [0.25, 0.3) is 0 Å². The lowest BCUT2D eigenvalue weighted by atomic mass is 10.3. The van der Waals surface area contributed by atoms with E-state index in [1.807, 2.05) is 0 Å². The third-order valence-electron chi connectivity index (χ3n) is 3.02. The number of guanidine groups is 1. The largest absolute Gasteiger partial charge is 0.477 e. The second-order valence-corrected chi connectivity index (χ2v) is 4.65. The molecule has 2 aromatic heterocycles. The molecule has 0 aliphatic carbocycles. The third kappa shape index (κ3) is 3.45. The number of carboxylic acids is 2. The molecule has 0 saturated heterocycles. The van der Waals surface area contributed by atoms with Crippen molar-refractivity contribution in [2.24, 2.45) is 5.73 Å². The molecule has 0 bridgehead atoms. The second-order valence-electron chi connectivity index (χ2n) is 4.65. The Kier molecular flexibility index (Phi) is 4.16. The van der Waals surface area contributed by atoms with Gasteiger partial charge in [0.2, 0.25) is 0 Å². The molecule has 0 saturated carbocycles. The quantitative estimate of drug-likeness (QED) is 0.339. The first-order valence-corrected chi connectivity index (χ1v) is 6.28. The highest BCUT2D eigenvalue weighted by molar-refractivity contribution is 5.86. The number of carboxylic acid groups (broad SMARTS) is 2. The fourth-order valence-corrected chi connectivity index (χ4v) is 1.95. The predicted molar refractivity (Wildman–Crippen MR) is 76.7 cm³/mol. The van der Waals surface area contributed by atoms with Gasteiger partial charge >= 0.3 is 11.9 Å². The first-order chi connectivity index (χ1) is 10.4. The monoisotopic (exact) mass is 305 g/mol. The number of nitrogens with one attached hydrogen (secondary N) is 3. The number of nitrogens with two attached hydrogens (primary N) is 1. The minimum atomic E-state index is -1.07. The van der Waals surface area contributed by atoms with Crippen molar-refractivity contribution in [2.45, 2.75) is 13.1 Å². The zero-order chi connectivity index (χ0) is 16.3. The molecule has 2 aromatic rings. The molecule has 0 amide bonds. The molecular formula is C13H15N5O4. The first-order valence-electron chi connectivity index (χ1n) is 6.28. The van der Waals surface area contributed by atoms with Crippen LogP contribution in [0.5, 0.6) is 0 Å². The van der Waals surface area contributed by atoms with Crippen molar-refractivity contribution in [3.05, 3.63) is 47.0 Å². The Morgan fingerprint density at radius 3 is 1.68 bits per heavy atom. The zero-order valence-electron chi connectivity index (χ0n) is 11.5. The predicted octanol–water partition coefficient (Wildman–Crippen LogP) is 0.635. The zero-order valence-corrected chi connectivity index (χ0v) is 11.5. The maximum atomic E-state index is 10.8. The summed E-state index contributed by atoms with van der Waals surface area (Å²) < 4.78 is 0. The van der Waals surface area contributed by atoms with Gasteiger partial charge < -0.3 is 30.8 Å². The average Bonchev–Trinajstić information content (AvgIpc) is 3.06. The molecule has 0 spiro atoms. The Hall–Kier alpha value is -3.23. The second kappa shape index (κ2) is 6.04. The van der Waals surface area contributed by atoms with Crippen molar-refractivity contribution in [2.75, 3.05) is 0 Å². The van der Waals surface area contributed by atoms with Crippen LogP contribution < -0.4 is 5.73 Å². The fourth-order valence-electron chi connectivity index (χ4n) is 1.95. The SMILES string of the molecule is N=C(N)N(Cc1ccc(C(=O)O)[nH]1)Cc1ccc(C(=O)O)[nH]1. The number of H-pyrrole nitrogens is 2. The Morgan fingerprint density at radius 1 is 1.00 bits per heavy atom. The Morgan fingerprint density at radius 2 is 1.41 bits per heavy atom. The minimum absolute atomic E-state index is 0.0477. The topological polar surface area (TPSA) is 159 Å². The van der Waals surface area contributed by atoms with Crippen molar-refractivity contribution >= 4 is 17.9 Å². The fraction of sp³-hybridized carbons (Fsp3) is 0.154. The maximum Gasteiger partial charge on any atom is 0.352 e. The number of hydrogen-bond acceptors (Lipinski definition) is 3. The van der Waals surface area contributed by atoms with Crippen molar-refractivity contribution in [1.29, 1.82) is 5.41 Å². The molecule has 22 heavy (non-hydrogen) atoms. The highest BCUT2D eigenvalue weighted by Crippen LogP contribution is 2.10. The Labute approximate surface area is 124 Å². The number of aromatic amines is 2. The number of aromatic carboxylic acids is 2. The molecule has 0 aliphatic rings. The summed E-state index contributed by atoms with van der Waals surface area (Å²) in [6, 6.07) is 6.04. The Bertz CT molecular complexity index is 663. The van der Waals surface area contributed by atoms with Gasteiger partial charge in [-0.25, -0.2) is 9.59 Å². The smallest absolute Gasteiger partial charge is 0.352 e. The van der Waals surface area contributed by atoms with Gasteiger partial charge in [-0.3, -0.25) is 5.41 Å². The first kappa shape index (κ1) is 15.2. The molecule has 0 radical (unpaired) electrons. The standard InChI is InChI=1S/C13H15N5O4/c14-13(15)18(5-7-1-3-9(16-7)11(19)20)6-8-2-4-10(17-8)12(21)22/h1-4,16-17H,5-6H2,(H3,14,15)(H,19,20)(H,21,22). The molecule has 2 rings (SSSR count). The van der Waals surface area contributed by atoms with Crippen LogP contribution in [0, 0.1) is 5.41 Å². The summed E-state index contributed by atoms with van der Waals surface area (Å²) in [5, 5.41) is 25.3. The number of hydrogen-bond donors (Lipinski definition) is 6. The number of nitrogens with zero attached hydrogens (tertiary/aromatic N) is 1.